The van der Waals surface area contributed by atoms with Gasteiger partial charge in [-0.2, -0.15) is 5.10 Å². The van der Waals surface area contributed by atoms with Crippen molar-refractivity contribution in [1.82, 2.24) is 24.1 Å². The van der Waals surface area contributed by atoms with Gasteiger partial charge in [-0.1, -0.05) is 13.8 Å². The molecule has 8 heteroatoms. The summed E-state index contributed by atoms with van der Waals surface area (Å²) in [5.74, 6) is 1.45. The molecule has 0 saturated carbocycles. The lowest BCUT2D eigenvalue weighted by molar-refractivity contribution is 0.471. The Morgan fingerprint density at radius 1 is 1.28 bits per heavy atom. The molecule has 3 rings (SSSR count). The summed E-state index contributed by atoms with van der Waals surface area (Å²) >= 11 is 0. The van der Waals surface area contributed by atoms with Crippen LogP contribution >= 0.6 is 0 Å². The first-order chi connectivity index (χ1) is 11.8. The van der Waals surface area contributed by atoms with Crippen LogP contribution in [0.4, 0.5) is 0 Å². The average molecular weight is 366 g/mol. The summed E-state index contributed by atoms with van der Waals surface area (Å²) in [6.45, 7) is 9.61. The molecule has 25 heavy (non-hydrogen) atoms. The van der Waals surface area contributed by atoms with Gasteiger partial charge < -0.3 is 4.57 Å². The van der Waals surface area contributed by atoms with Crippen LogP contribution in [0.3, 0.4) is 0 Å². The molecule has 7 nitrogen and oxygen atoms in total. The Hall–Kier alpha value is -1.67. The van der Waals surface area contributed by atoms with Crippen LogP contribution in [0.25, 0.3) is 0 Å². The second-order valence-electron chi connectivity index (χ2n) is 7.20. The third kappa shape index (κ3) is 3.79. The van der Waals surface area contributed by atoms with Crippen molar-refractivity contribution >= 4 is 10.0 Å². The molecule has 0 spiro atoms. The Balaban J connectivity index is 1.78. The van der Waals surface area contributed by atoms with E-state index in [2.05, 4.69) is 33.2 Å². The Kier molecular flexibility index (Phi) is 5.02. The first-order valence-electron chi connectivity index (χ1n) is 8.86. The highest BCUT2D eigenvalue weighted by Crippen LogP contribution is 2.21. The standard InChI is InChI=1S/C17H27N5O2S/c1-12(2)10-22-14(4)17(13(3)20-22)25(23,24)18-9-15-11-21-8-6-5-7-16(21)19-15/h11-12,18H,5-10H2,1-4H3. The summed E-state index contributed by atoms with van der Waals surface area (Å²) in [6, 6.07) is 0. The van der Waals surface area contributed by atoms with Crippen molar-refractivity contribution in [3.05, 3.63) is 29.1 Å². The van der Waals surface area contributed by atoms with Gasteiger partial charge in [0.2, 0.25) is 10.0 Å². The number of rotatable bonds is 6. The highest BCUT2D eigenvalue weighted by Gasteiger charge is 2.25. The van der Waals surface area contributed by atoms with Crippen LogP contribution in [0.1, 0.15) is 49.6 Å². The van der Waals surface area contributed by atoms with E-state index in [0.717, 1.165) is 37.3 Å². The van der Waals surface area contributed by atoms with Gasteiger partial charge in [0.1, 0.15) is 10.7 Å². The highest BCUT2D eigenvalue weighted by molar-refractivity contribution is 7.89. The molecule has 1 aliphatic rings. The zero-order valence-electron chi connectivity index (χ0n) is 15.4. The van der Waals surface area contributed by atoms with Gasteiger partial charge in [0.05, 0.1) is 23.6 Å². The number of nitrogens with one attached hydrogen (secondary N) is 1. The van der Waals surface area contributed by atoms with Crippen molar-refractivity contribution < 1.29 is 8.42 Å². The molecule has 0 aliphatic carbocycles. The van der Waals surface area contributed by atoms with Gasteiger partial charge in [0.25, 0.3) is 0 Å². The van der Waals surface area contributed by atoms with Crippen LogP contribution in [-0.4, -0.2) is 27.7 Å². The number of hydrogen-bond donors (Lipinski definition) is 1. The molecule has 2 aromatic rings. The Labute approximate surface area is 149 Å². The third-order valence-electron chi connectivity index (χ3n) is 4.52. The van der Waals surface area contributed by atoms with E-state index in [1.165, 1.54) is 0 Å². The molecule has 0 fully saturated rings. The lowest BCUT2D eigenvalue weighted by Gasteiger charge is -2.11. The predicted molar refractivity (Wildman–Crippen MR) is 95.7 cm³/mol. The summed E-state index contributed by atoms with van der Waals surface area (Å²) in [7, 11) is -3.62. The van der Waals surface area contributed by atoms with Gasteiger partial charge in [0.15, 0.2) is 0 Å². The van der Waals surface area contributed by atoms with Gasteiger partial charge in [0, 0.05) is 25.7 Å². The van der Waals surface area contributed by atoms with Crippen molar-refractivity contribution in [2.24, 2.45) is 5.92 Å². The zero-order valence-corrected chi connectivity index (χ0v) is 16.2. The van der Waals surface area contributed by atoms with Gasteiger partial charge in [-0.05, 0) is 32.6 Å². The van der Waals surface area contributed by atoms with E-state index in [1.807, 2.05) is 13.1 Å². The summed E-state index contributed by atoms with van der Waals surface area (Å²) in [5, 5.41) is 4.40. The fourth-order valence-corrected chi connectivity index (χ4v) is 4.80. The molecule has 2 aromatic heterocycles. The molecule has 0 atom stereocenters. The maximum Gasteiger partial charge on any atom is 0.244 e. The average Bonchev–Trinajstić information content (AvgIpc) is 3.06. The minimum Gasteiger partial charge on any atom is -0.335 e. The predicted octanol–water partition coefficient (Wildman–Crippen LogP) is 2.17. The number of nitrogens with zero attached hydrogens (tertiary/aromatic N) is 4. The van der Waals surface area contributed by atoms with Crippen molar-refractivity contribution in [2.75, 3.05) is 0 Å². The Morgan fingerprint density at radius 3 is 2.72 bits per heavy atom. The Morgan fingerprint density at radius 2 is 2.04 bits per heavy atom. The number of fused-ring (bicyclic) bond motifs is 1. The molecular weight excluding hydrogens is 338 g/mol. The van der Waals surface area contributed by atoms with E-state index in [0.29, 0.717) is 23.9 Å². The molecule has 1 aliphatic heterocycles. The largest absolute Gasteiger partial charge is 0.335 e. The van der Waals surface area contributed by atoms with E-state index >= 15 is 0 Å². The number of aromatic nitrogens is 4. The minimum absolute atomic E-state index is 0.205. The maximum atomic E-state index is 12.8. The third-order valence-corrected chi connectivity index (χ3v) is 6.18. The molecule has 0 saturated heterocycles. The fraction of sp³-hybridized carbons (Fsp3) is 0.647. The van der Waals surface area contributed by atoms with Gasteiger partial charge in [-0.25, -0.2) is 18.1 Å². The second-order valence-corrected chi connectivity index (χ2v) is 8.90. The monoisotopic (exact) mass is 365 g/mol. The first kappa shape index (κ1) is 18.1. The quantitative estimate of drug-likeness (QED) is 0.850. The van der Waals surface area contributed by atoms with Crippen molar-refractivity contribution in [3.63, 3.8) is 0 Å². The van der Waals surface area contributed by atoms with Crippen molar-refractivity contribution in [3.8, 4) is 0 Å². The maximum absolute atomic E-state index is 12.8. The van der Waals surface area contributed by atoms with Gasteiger partial charge in [-0.15, -0.1) is 0 Å². The SMILES string of the molecule is Cc1nn(CC(C)C)c(C)c1S(=O)(=O)NCc1cn2c(n1)CCCC2. The lowest BCUT2D eigenvalue weighted by Crippen LogP contribution is -2.24. The van der Waals surface area contributed by atoms with Crippen molar-refractivity contribution in [1.29, 1.82) is 0 Å². The highest BCUT2D eigenvalue weighted by atomic mass is 32.2. The molecule has 0 bridgehead atoms. The fourth-order valence-electron chi connectivity index (χ4n) is 3.39. The number of sulfonamides is 1. The van der Waals surface area contributed by atoms with Crippen LogP contribution in [-0.2, 0) is 36.1 Å². The smallest absolute Gasteiger partial charge is 0.244 e. The summed E-state index contributed by atoms with van der Waals surface area (Å²) in [5.41, 5.74) is 1.99. The molecule has 138 valence electrons. The van der Waals surface area contributed by atoms with Crippen LogP contribution in [0.2, 0.25) is 0 Å². The van der Waals surface area contributed by atoms with E-state index < -0.39 is 10.0 Å². The van der Waals surface area contributed by atoms with E-state index in [1.54, 1.807) is 11.6 Å². The van der Waals surface area contributed by atoms with Crippen LogP contribution in [0.15, 0.2) is 11.1 Å². The summed E-state index contributed by atoms with van der Waals surface area (Å²) < 4.78 is 32.2. The summed E-state index contributed by atoms with van der Waals surface area (Å²) in [4.78, 5) is 4.84. The topological polar surface area (TPSA) is 81.8 Å². The molecule has 1 N–H and O–H groups in total. The minimum atomic E-state index is -3.62. The zero-order chi connectivity index (χ0) is 18.2. The molecule has 0 radical (unpaired) electrons. The van der Waals surface area contributed by atoms with E-state index in [4.69, 9.17) is 0 Å². The normalized spacial score (nSPS) is 14.9. The van der Waals surface area contributed by atoms with Crippen LogP contribution in [0.5, 0.6) is 0 Å². The Bertz CT molecular complexity index is 840. The summed E-state index contributed by atoms with van der Waals surface area (Å²) in [6.07, 6.45) is 5.23. The first-order valence-corrected chi connectivity index (χ1v) is 10.3. The van der Waals surface area contributed by atoms with Crippen LogP contribution < -0.4 is 4.72 Å². The molecule has 0 aromatic carbocycles. The van der Waals surface area contributed by atoms with Crippen molar-refractivity contribution in [2.45, 2.75) is 71.5 Å². The lowest BCUT2D eigenvalue weighted by atomic mass is 10.2. The number of hydrogen-bond acceptors (Lipinski definition) is 4. The number of imidazole rings is 1. The van der Waals surface area contributed by atoms with Crippen LogP contribution in [0, 0.1) is 19.8 Å². The van der Waals surface area contributed by atoms with Gasteiger partial charge >= 0.3 is 0 Å². The van der Waals surface area contributed by atoms with Gasteiger partial charge in [-0.3, -0.25) is 4.68 Å². The molecule has 0 amide bonds. The van der Waals surface area contributed by atoms with E-state index in [-0.39, 0.29) is 11.4 Å². The van der Waals surface area contributed by atoms with E-state index in [9.17, 15) is 8.42 Å². The molecule has 0 unspecified atom stereocenters. The number of aryl methyl sites for hydroxylation is 3. The molecule has 3 heterocycles. The second kappa shape index (κ2) is 6.92. The molecular formula is C17H27N5O2S.